The highest BCUT2D eigenvalue weighted by Gasteiger charge is 2.10. The van der Waals surface area contributed by atoms with Crippen molar-refractivity contribution in [2.75, 3.05) is 5.32 Å². The van der Waals surface area contributed by atoms with Gasteiger partial charge in [-0.3, -0.25) is 9.78 Å². The Balaban J connectivity index is 2.18. The lowest BCUT2D eigenvalue weighted by Crippen LogP contribution is -2.26. The van der Waals surface area contributed by atoms with Crippen molar-refractivity contribution >= 4 is 21.6 Å². The maximum absolute atomic E-state index is 12.0. The summed E-state index contributed by atoms with van der Waals surface area (Å²) < 4.78 is 1.95. The molecule has 0 aromatic carbocycles. The zero-order valence-corrected chi connectivity index (χ0v) is 12.4. The van der Waals surface area contributed by atoms with Crippen LogP contribution < -0.4 is 10.9 Å². The van der Waals surface area contributed by atoms with E-state index < -0.39 is 0 Å². The van der Waals surface area contributed by atoms with Crippen LogP contribution in [-0.2, 0) is 6.54 Å². The molecule has 19 heavy (non-hydrogen) atoms. The predicted octanol–water partition coefficient (Wildman–Crippen LogP) is 2.59. The van der Waals surface area contributed by atoms with E-state index in [4.69, 9.17) is 0 Å². The molecule has 0 aliphatic heterocycles. The molecule has 0 aliphatic rings. The summed E-state index contributed by atoms with van der Waals surface area (Å²) >= 11 is 3.32. The molecule has 0 saturated carbocycles. The van der Waals surface area contributed by atoms with E-state index >= 15 is 0 Å². The molecule has 6 heteroatoms. The van der Waals surface area contributed by atoms with Crippen molar-refractivity contribution in [1.29, 1.82) is 0 Å². The molecule has 2 aromatic rings. The summed E-state index contributed by atoms with van der Waals surface area (Å²) in [6.07, 6.45) is 5.13. The second-order valence-electron chi connectivity index (χ2n) is 4.42. The SMILES string of the molecule is CC(C)n1ncc(NCc2ccncc2)c(Br)c1=O. The molecule has 2 heterocycles. The van der Waals surface area contributed by atoms with E-state index in [1.54, 1.807) is 18.6 Å². The number of rotatable bonds is 4. The molecule has 0 unspecified atom stereocenters. The third-order valence-corrected chi connectivity index (χ3v) is 3.43. The Kier molecular flexibility index (Phi) is 4.31. The highest BCUT2D eigenvalue weighted by Crippen LogP contribution is 2.18. The van der Waals surface area contributed by atoms with Gasteiger partial charge in [-0.05, 0) is 47.5 Å². The topological polar surface area (TPSA) is 59.8 Å². The summed E-state index contributed by atoms with van der Waals surface area (Å²) in [5.74, 6) is 0. The number of halogens is 1. The third-order valence-electron chi connectivity index (χ3n) is 2.67. The zero-order chi connectivity index (χ0) is 13.8. The summed E-state index contributed by atoms with van der Waals surface area (Å²) in [5, 5.41) is 7.34. The molecule has 0 bridgehead atoms. The fourth-order valence-corrected chi connectivity index (χ4v) is 2.06. The quantitative estimate of drug-likeness (QED) is 0.939. The van der Waals surface area contributed by atoms with E-state index in [0.717, 1.165) is 5.56 Å². The molecule has 0 atom stereocenters. The summed E-state index contributed by atoms with van der Waals surface area (Å²) in [6.45, 7) is 4.46. The highest BCUT2D eigenvalue weighted by atomic mass is 79.9. The van der Waals surface area contributed by atoms with Gasteiger partial charge in [0.2, 0.25) is 0 Å². The molecule has 5 nitrogen and oxygen atoms in total. The number of nitrogens with zero attached hydrogens (tertiary/aromatic N) is 3. The number of nitrogens with one attached hydrogen (secondary N) is 1. The van der Waals surface area contributed by atoms with Crippen LogP contribution in [0.1, 0.15) is 25.5 Å². The van der Waals surface area contributed by atoms with Gasteiger partial charge in [0.1, 0.15) is 4.47 Å². The van der Waals surface area contributed by atoms with Gasteiger partial charge in [0.15, 0.2) is 0 Å². The van der Waals surface area contributed by atoms with Gasteiger partial charge in [0.05, 0.1) is 17.9 Å². The van der Waals surface area contributed by atoms with Crippen molar-refractivity contribution in [3.8, 4) is 0 Å². The molecular formula is C13H15BrN4O. The van der Waals surface area contributed by atoms with E-state index in [2.05, 4.69) is 31.3 Å². The fourth-order valence-electron chi connectivity index (χ4n) is 1.63. The van der Waals surface area contributed by atoms with Crippen LogP contribution in [0, 0.1) is 0 Å². The Bertz CT molecular complexity index is 610. The molecule has 2 rings (SSSR count). The Labute approximate surface area is 119 Å². The van der Waals surface area contributed by atoms with Gasteiger partial charge < -0.3 is 5.32 Å². The number of aromatic nitrogens is 3. The molecule has 0 amide bonds. The first-order valence-electron chi connectivity index (χ1n) is 5.99. The minimum atomic E-state index is -0.130. The van der Waals surface area contributed by atoms with E-state index in [-0.39, 0.29) is 11.6 Å². The monoisotopic (exact) mass is 322 g/mol. The summed E-state index contributed by atoms with van der Waals surface area (Å²) in [7, 11) is 0. The van der Waals surface area contributed by atoms with Gasteiger partial charge in [-0.25, -0.2) is 4.68 Å². The summed E-state index contributed by atoms with van der Waals surface area (Å²) in [5.41, 5.74) is 1.66. The van der Waals surface area contributed by atoms with Crippen LogP contribution in [-0.4, -0.2) is 14.8 Å². The lowest BCUT2D eigenvalue weighted by atomic mass is 10.2. The van der Waals surface area contributed by atoms with Crippen LogP contribution in [0.4, 0.5) is 5.69 Å². The predicted molar refractivity (Wildman–Crippen MR) is 78.1 cm³/mol. The maximum Gasteiger partial charge on any atom is 0.283 e. The molecule has 0 spiro atoms. The van der Waals surface area contributed by atoms with E-state index in [0.29, 0.717) is 16.7 Å². The summed E-state index contributed by atoms with van der Waals surface area (Å²) in [4.78, 5) is 16.0. The van der Waals surface area contributed by atoms with Crippen LogP contribution in [0.5, 0.6) is 0 Å². The van der Waals surface area contributed by atoms with Crippen molar-refractivity contribution in [3.05, 3.63) is 51.1 Å². The lowest BCUT2D eigenvalue weighted by molar-refractivity contribution is 0.501. The molecule has 100 valence electrons. The standard InChI is InChI=1S/C13H15BrN4O/c1-9(2)18-13(19)12(14)11(8-17-18)16-7-10-3-5-15-6-4-10/h3-6,8-9,16H,7H2,1-2H3. The Hall–Kier alpha value is -1.69. The van der Waals surface area contributed by atoms with Crippen LogP contribution in [0.3, 0.4) is 0 Å². The normalized spacial score (nSPS) is 10.7. The molecule has 0 fully saturated rings. The van der Waals surface area contributed by atoms with E-state index in [1.807, 2.05) is 26.0 Å². The van der Waals surface area contributed by atoms with Crippen molar-refractivity contribution in [3.63, 3.8) is 0 Å². The van der Waals surface area contributed by atoms with Gasteiger partial charge in [0.25, 0.3) is 5.56 Å². The number of hydrogen-bond acceptors (Lipinski definition) is 4. The third kappa shape index (κ3) is 3.20. The van der Waals surface area contributed by atoms with Crippen LogP contribution in [0.25, 0.3) is 0 Å². The van der Waals surface area contributed by atoms with Gasteiger partial charge in [-0.1, -0.05) is 0 Å². The first kappa shape index (κ1) is 13.7. The van der Waals surface area contributed by atoms with Crippen molar-refractivity contribution in [1.82, 2.24) is 14.8 Å². The number of pyridine rings is 1. The minimum Gasteiger partial charge on any atom is -0.379 e. The van der Waals surface area contributed by atoms with Crippen molar-refractivity contribution in [2.24, 2.45) is 0 Å². The van der Waals surface area contributed by atoms with Gasteiger partial charge >= 0.3 is 0 Å². The van der Waals surface area contributed by atoms with Gasteiger partial charge in [-0.15, -0.1) is 0 Å². The van der Waals surface area contributed by atoms with Gasteiger partial charge in [-0.2, -0.15) is 5.10 Å². The second kappa shape index (κ2) is 5.97. The molecule has 0 radical (unpaired) electrons. The number of anilines is 1. The average Bonchev–Trinajstić information content (AvgIpc) is 2.41. The largest absolute Gasteiger partial charge is 0.379 e. The Morgan fingerprint density at radius 3 is 2.68 bits per heavy atom. The second-order valence-corrected chi connectivity index (χ2v) is 5.22. The summed E-state index contributed by atoms with van der Waals surface area (Å²) in [6, 6.07) is 3.88. The Morgan fingerprint density at radius 2 is 2.05 bits per heavy atom. The van der Waals surface area contributed by atoms with Crippen LogP contribution >= 0.6 is 15.9 Å². The number of hydrogen-bond donors (Lipinski definition) is 1. The van der Waals surface area contributed by atoms with E-state index in [9.17, 15) is 4.79 Å². The highest BCUT2D eigenvalue weighted by molar-refractivity contribution is 9.10. The fraction of sp³-hybridized carbons (Fsp3) is 0.308. The van der Waals surface area contributed by atoms with Crippen LogP contribution in [0.15, 0.2) is 40.0 Å². The molecule has 2 aromatic heterocycles. The molecule has 0 saturated heterocycles. The first-order valence-corrected chi connectivity index (χ1v) is 6.79. The molecular weight excluding hydrogens is 308 g/mol. The molecule has 0 aliphatic carbocycles. The van der Waals surface area contributed by atoms with E-state index in [1.165, 1.54) is 4.68 Å². The lowest BCUT2D eigenvalue weighted by Gasteiger charge is -2.12. The van der Waals surface area contributed by atoms with Crippen LogP contribution in [0.2, 0.25) is 0 Å². The Morgan fingerprint density at radius 1 is 1.37 bits per heavy atom. The van der Waals surface area contributed by atoms with Crippen molar-refractivity contribution < 1.29 is 0 Å². The average molecular weight is 323 g/mol. The molecule has 1 N–H and O–H groups in total. The van der Waals surface area contributed by atoms with Gasteiger partial charge in [0, 0.05) is 18.9 Å². The zero-order valence-electron chi connectivity index (χ0n) is 10.8. The first-order chi connectivity index (χ1) is 9.09. The van der Waals surface area contributed by atoms with Crippen molar-refractivity contribution in [2.45, 2.75) is 26.4 Å². The maximum atomic E-state index is 12.0. The minimum absolute atomic E-state index is 0.0399. The smallest absolute Gasteiger partial charge is 0.283 e.